The van der Waals surface area contributed by atoms with Gasteiger partial charge in [0.2, 0.25) is 0 Å². The van der Waals surface area contributed by atoms with Crippen LogP contribution in [0.5, 0.6) is 5.75 Å². The van der Waals surface area contributed by atoms with Crippen LogP contribution in [0.1, 0.15) is 31.2 Å². The monoisotopic (exact) mass is 220 g/mol. The van der Waals surface area contributed by atoms with Crippen LogP contribution in [0.25, 0.3) is 0 Å². The molecule has 2 atom stereocenters. The molecule has 1 fully saturated rings. The van der Waals surface area contributed by atoms with Crippen molar-refractivity contribution in [1.29, 1.82) is 0 Å². The van der Waals surface area contributed by atoms with Crippen LogP contribution in [0.2, 0.25) is 0 Å². The Morgan fingerprint density at radius 3 is 2.56 bits per heavy atom. The lowest BCUT2D eigenvalue weighted by molar-refractivity contribution is 0.128. The van der Waals surface area contributed by atoms with Gasteiger partial charge >= 0.3 is 0 Å². The molecule has 0 aromatic heterocycles. The van der Waals surface area contributed by atoms with Crippen molar-refractivity contribution < 1.29 is 9.84 Å². The summed E-state index contributed by atoms with van der Waals surface area (Å²) >= 11 is 0. The van der Waals surface area contributed by atoms with Crippen LogP contribution in [0.4, 0.5) is 0 Å². The van der Waals surface area contributed by atoms with Gasteiger partial charge in [0.15, 0.2) is 0 Å². The van der Waals surface area contributed by atoms with Crippen LogP contribution in [0.15, 0.2) is 24.3 Å². The van der Waals surface area contributed by atoms with Gasteiger partial charge in [0.25, 0.3) is 0 Å². The van der Waals surface area contributed by atoms with Crippen molar-refractivity contribution in [2.75, 3.05) is 7.11 Å². The number of ether oxygens (including phenoxy) is 1. The SMILES string of the molecule is COc1ccc(CCC2CCCC2O)cc1. The van der Waals surface area contributed by atoms with E-state index >= 15 is 0 Å². The molecule has 0 heterocycles. The zero-order chi connectivity index (χ0) is 11.4. The largest absolute Gasteiger partial charge is 0.497 e. The summed E-state index contributed by atoms with van der Waals surface area (Å²) in [6.45, 7) is 0. The van der Waals surface area contributed by atoms with Gasteiger partial charge in [0, 0.05) is 0 Å². The number of hydrogen-bond donors (Lipinski definition) is 1. The van der Waals surface area contributed by atoms with Crippen molar-refractivity contribution >= 4 is 0 Å². The molecule has 0 amide bonds. The first-order valence-electron chi connectivity index (χ1n) is 6.10. The van der Waals surface area contributed by atoms with Crippen molar-refractivity contribution in [2.45, 2.75) is 38.2 Å². The third kappa shape index (κ3) is 2.76. The molecule has 1 aromatic carbocycles. The fraction of sp³-hybridized carbons (Fsp3) is 0.571. The van der Waals surface area contributed by atoms with E-state index in [0.717, 1.165) is 25.0 Å². The molecule has 16 heavy (non-hydrogen) atoms. The summed E-state index contributed by atoms with van der Waals surface area (Å²) in [4.78, 5) is 0. The summed E-state index contributed by atoms with van der Waals surface area (Å²) in [5.74, 6) is 1.42. The van der Waals surface area contributed by atoms with Crippen molar-refractivity contribution in [3.8, 4) is 5.75 Å². The Morgan fingerprint density at radius 2 is 2.00 bits per heavy atom. The zero-order valence-corrected chi connectivity index (χ0v) is 9.86. The lowest BCUT2D eigenvalue weighted by atomic mass is 9.96. The Kier molecular flexibility index (Phi) is 3.83. The first-order valence-corrected chi connectivity index (χ1v) is 6.10. The van der Waals surface area contributed by atoms with E-state index in [0.29, 0.717) is 5.92 Å². The summed E-state index contributed by atoms with van der Waals surface area (Å²) < 4.78 is 5.12. The number of aliphatic hydroxyl groups excluding tert-OH is 1. The van der Waals surface area contributed by atoms with Gasteiger partial charge in [-0.2, -0.15) is 0 Å². The van der Waals surface area contributed by atoms with Gasteiger partial charge in [-0.25, -0.2) is 0 Å². The van der Waals surface area contributed by atoms with Gasteiger partial charge in [-0.3, -0.25) is 0 Å². The van der Waals surface area contributed by atoms with Crippen LogP contribution in [0, 0.1) is 5.92 Å². The van der Waals surface area contributed by atoms with E-state index in [9.17, 15) is 5.11 Å². The average Bonchev–Trinajstić information content (AvgIpc) is 2.73. The molecule has 88 valence electrons. The molecule has 0 aliphatic heterocycles. The molecule has 2 rings (SSSR count). The highest BCUT2D eigenvalue weighted by atomic mass is 16.5. The quantitative estimate of drug-likeness (QED) is 0.845. The third-order valence-corrected chi connectivity index (χ3v) is 3.58. The third-order valence-electron chi connectivity index (χ3n) is 3.58. The molecule has 1 aliphatic rings. The van der Waals surface area contributed by atoms with E-state index in [2.05, 4.69) is 12.1 Å². The topological polar surface area (TPSA) is 29.5 Å². The molecule has 2 nitrogen and oxygen atoms in total. The second kappa shape index (κ2) is 5.35. The van der Waals surface area contributed by atoms with E-state index in [1.807, 2.05) is 12.1 Å². The maximum absolute atomic E-state index is 9.73. The number of benzene rings is 1. The molecule has 0 bridgehead atoms. The predicted octanol–water partition coefficient (Wildman–Crippen LogP) is 2.79. The van der Waals surface area contributed by atoms with E-state index in [4.69, 9.17) is 4.74 Å². The molecule has 1 aromatic rings. The number of rotatable bonds is 4. The fourth-order valence-corrected chi connectivity index (χ4v) is 2.50. The standard InChI is InChI=1S/C14H20O2/c1-16-13-9-6-11(7-10-13)5-8-12-3-2-4-14(12)15/h6-7,9-10,12,14-15H,2-5,8H2,1H3. The Morgan fingerprint density at radius 1 is 1.25 bits per heavy atom. The van der Waals surface area contributed by atoms with Crippen LogP contribution in [0.3, 0.4) is 0 Å². The maximum atomic E-state index is 9.73. The molecule has 1 saturated carbocycles. The normalized spacial score (nSPS) is 24.6. The molecular formula is C14H20O2. The van der Waals surface area contributed by atoms with Gasteiger partial charge in [0.1, 0.15) is 5.75 Å². The lowest BCUT2D eigenvalue weighted by Crippen LogP contribution is -2.13. The van der Waals surface area contributed by atoms with E-state index < -0.39 is 0 Å². The number of hydrogen-bond acceptors (Lipinski definition) is 2. The van der Waals surface area contributed by atoms with E-state index in [-0.39, 0.29) is 6.10 Å². The maximum Gasteiger partial charge on any atom is 0.118 e. The summed E-state index contributed by atoms with van der Waals surface area (Å²) in [7, 11) is 1.68. The van der Waals surface area contributed by atoms with Crippen LogP contribution >= 0.6 is 0 Å². The summed E-state index contributed by atoms with van der Waals surface area (Å²) in [5, 5.41) is 9.73. The van der Waals surface area contributed by atoms with Crippen LogP contribution < -0.4 is 4.74 Å². The minimum absolute atomic E-state index is 0.0572. The van der Waals surface area contributed by atoms with Crippen molar-refractivity contribution in [3.05, 3.63) is 29.8 Å². The molecule has 1 aliphatic carbocycles. The Hall–Kier alpha value is -1.02. The van der Waals surface area contributed by atoms with E-state index in [1.165, 1.54) is 18.4 Å². The fourth-order valence-electron chi connectivity index (χ4n) is 2.50. The highest BCUT2D eigenvalue weighted by molar-refractivity contribution is 5.27. The zero-order valence-electron chi connectivity index (χ0n) is 9.86. The smallest absolute Gasteiger partial charge is 0.118 e. The predicted molar refractivity (Wildman–Crippen MR) is 64.7 cm³/mol. The first kappa shape index (κ1) is 11.5. The molecule has 2 unspecified atom stereocenters. The molecular weight excluding hydrogens is 200 g/mol. The van der Waals surface area contributed by atoms with Gasteiger partial charge in [0.05, 0.1) is 13.2 Å². The molecule has 2 heteroatoms. The highest BCUT2D eigenvalue weighted by Gasteiger charge is 2.24. The number of aliphatic hydroxyl groups is 1. The summed E-state index contributed by atoms with van der Waals surface area (Å²) in [6.07, 6.45) is 5.48. The molecule has 0 spiro atoms. The second-order valence-corrected chi connectivity index (χ2v) is 4.65. The Labute approximate surface area is 97.3 Å². The van der Waals surface area contributed by atoms with Crippen molar-refractivity contribution in [1.82, 2.24) is 0 Å². The van der Waals surface area contributed by atoms with Gasteiger partial charge in [-0.05, 0) is 49.3 Å². The van der Waals surface area contributed by atoms with Gasteiger partial charge in [-0.15, -0.1) is 0 Å². The molecule has 1 N–H and O–H groups in total. The van der Waals surface area contributed by atoms with Gasteiger partial charge in [-0.1, -0.05) is 18.6 Å². The minimum Gasteiger partial charge on any atom is -0.497 e. The minimum atomic E-state index is -0.0572. The second-order valence-electron chi connectivity index (χ2n) is 4.65. The Bertz CT molecular complexity index is 318. The van der Waals surface area contributed by atoms with Crippen LogP contribution in [-0.2, 0) is 6.42 Å². The number of aryl methyl sites for hydroxylation is 1. The average molecular weight is 220 g/mol. The van der Waals surface area contributed by atoms with Crippen LogP contribution in [-0.4, -0.2) is 18.3 Å². The summed E-state index contributed by atoms with van der Waals surface area (Å²) in [5.41, 5.74) is 1.33. The highest BCUT2D eigenvalue weighted by Crippen LogP contribution is 2.29. The van der Waals surface area contributed by atoms with Crippen molar-refractivity contribution in [2.24, 2.45) is 5.92 Å². The molecule has 0 saturated heterocycles. The molecule has 0 radical (unpaired) electrons. The lowest BCUT2D eigenvalue weighted by Gasteiger charge is -2.13. The number of methoxy groups -OCH3 is 1. The van der Waals surface area contributed by atoms with Crippen molar-refractivity contribution in [3.63, 3.8) is 0 Å². The Balaban J connectivity index is 1.84. The first-order chi connectivity index (χ1) is 7.79. The van der Waals surface area contributed by atoms with E-state index in [1.54, 1.807) is 7.11 Å². The summed E-state index contributed by atoms with van der Waals surface area (Å²) in [6, 6.07) is 8.22. The van der Waals surface area contributed by atoms with Gasteiger partial charge < -0.3 is 9.84 Å².